The van der Waals surface area contributed by atoms with Gasteiger partial charge in [0.2, 0.25) is 0 Å². The molecule has 3 rings (SSSR count). The first-order valence-corrected chi connectivity index (χ1v) is 9.36. The molecule has 0 spiro atoms. The van der Waals surface area contributed by atoms with E-state index in [1.807, 2.05) is 32.9 Å². The van der Waals surface area contributed by atoms with Crippen molar-refractivity contribution in [3.63, 3.8) is 0 Å². The molecule has 0 aliphatic rings. The fraction of sp³-hybridized carbons (Fsp3) is 0.200. The number of halogens is 1. The van der Waals surface area contributed by atoms with Crippen LogP contribution in [-0.2, 0) is 0 Å². The van der Waals surface area contributed by atoms with Gasteiger partial charge in [0.15, 0.2) is 0 Å². The van der Waals surface area contributed by atoms with Gasteiger partial charge in [0.1, 0.15) is 0 Å². The third-order valence-corrected chi connectivity index (χ3v) is 5.63. The fourth-order valence-corrected chi connectivity index (χ4v) is 3.36. The summed E-state index contributed by atoms with van der Waals surface area (Å²) >= 11 is 3.50. The van der Waals surface area contributed by atoms with E-state index in [1.54, 1.807) is 13.0 Å². The SMILES string of the molecule is Cc1cc([N+](=O)[O-])ccc1N=Cc1c(C)[nH]n(-c2ccc(Br)c(C)c2C)c1=O. The monoisotopic (exact) mass is 442 g/mol. The summed E-state index contributed by atoms with van der Waals surface area (Å²) in [5.74, 6) is 0. The molecule has 0 aliphatic heterocycles. The lowest BCUT2D eigenvalue weighted by atomic mass is 10.1. The van der Waals surface area contributed by atoms with Crippen LogP contribution in [0.4, 0.5) is 11.4 Å². The van der Waals surface area contributed by atoms with Crippen LogP contribution in [0, 0.1) is 37.8 Å². The van der Waals surface area contributed by atoms with Crippen molar-refractivity contribution in [3.8, 4) is 5.69 Å². The molecule has 0 aliphatic carbocycles. The molecule has 0 unspecified atom stereocenters. The summed E-state index contributed by atoms with van der Waals surface area (Å²) < 4.78 is 2.49. The van der Waals surface area contributed by atoms with Crippen LogP contribution in [0.2, 0.25) is 0 Å². The Morgan fingerprint density at radius 1 is 1.14 bits per heavy atom. The van der Waals surface area contributed by atoms with Crippen molar-refractivity contribution in [1.29, 1.82) is 0 Å². The maximum atomic E-state index is 12.9. The van der Waals surface area contributed by atoms with E-state index in [0.717, 1.165) is 21.3 Å². The van der Waals surface area contributed by atoms with E-state index < -0.39 is 4.92 Å². The minimum Gasteiger partial charge on any atom is -0.295 e. The molecule has 0 bridgehead atoms. The molecule has 1 aromatic heterocycles. The molecule has 1 heterocycles. The molecule has 8 heteroatoms. The van der Waals surface area contributed by atoms with Gasteiger partial charge in [-0.15, -0.1) is 0 Å². The zero-order valence-electron chi connectivity index (χ0n) is 15.9. The number of nitro groups is 1. The van der Waals surface area contributed by atoms with Crippen LogP contribution in [0.5, 0.6) is 0 Å². The number of aromatic amines is 1. The molecule has 3 aromatic rings. The van der Waals surface area contributed by atoms with Crippen molar-refractivity contribution in [2.45, 2.75) is 27.7 Å². The van der Waals surface area contributed by atoms with Gasteiger partial charge in [0.05, 0.1) is 21.9 Å². The number of nitro benzene ring substituents is 1. The first kappa shape index (κ1) is 19.8. The van der Waals surface area contributed by atoms with Crippen molar-refractivity contribution in [2.24, 2.45) is 4.99 Å². The lowest BCUT2D eigenvalue weighted by Gasteiger charge is -2.10. The Morgan fingerprint density at radius 3 is 2.50 bits per heavy atom. The predicted molar refractivity (Wildman–Crippen MR) is 113 cm³/mol. The lowest BCUT2D eigenvalue weighted by Crippen LogP contribution is -2.18. The average Bonchev–Trinajstić information content (AvgIpc) is 2.92. The second-order valence-corrected chi connectivity index (χ2v) is 7.45. The maximum absolute atomic E-state index is 12.9. The van der Waals surface area contributed by atoms with Crippen molar-refractivity contribution in [3.05, 3.63) is 83.2 Å². The number of rotatable bonds is 4. The molecule has 0 atom stereocenters. The number of aromatic nitrogens is 2. The number of hydrogen-bond acceptors (Lipinski definition) is 4. The Labute approximate surface area is 170 Å². The Balaban J connectivity index is 2.02. The fourth-order valence-electron chi connectivity index (χ4n) is 2.93. The summed E-state index contributed by atoms with van der Waals surface area (Å²) in [5, 5.41) is 14.0. The van der Waals surface area contributed by atoms with Crippen LogP contribution in [-0.4, -0.2) is 20.9 Å². The van der Waals surface area contributed by atoms with E-state index in [2.05, 4.69) is 26.0 Å². The molecule has 0 radical (unpaired) electrons. The number of benzene rings is 2. The van der Waals surface area contributed by atoms with Gasteiger partial charge >= 0.3 is 0 Å². The van der Waals surface area contributed by atoms with Crippen molar-refractivity contribution in [1.82, 2.24) is 9.78 Å². The standard InChI is InChI=1S/C20H19BrN4O3/c1-11-9-15(25(27)28)5-7-18(11)22-10-16-14(4)23-24(20(16)26)19-8-6-17(21)12(2)13(19)3/h5-10,23H,1-4H3. The zero-order valence-corrected chi connectivity index (χ0v) is 17.5. The van der Waals surface area contributed by atoms with Crippen LogP contribution in [0.15, 0.2) is 44.6 Å². The van der Waals surface area contributed by atoms with E-state index in [4.69, 9.17) is 0 Å². The topological polar surface area (TPSA) is 93.3 Å². The molecular weight excluding hydrogens is 424 g/mol. The molecule has 1 N–H and O–H groups in total. The summed E-state index contributed by atoms with van der Waals surface area (Å²) in [4.78, 5) is 27.7. The van der Waals surface area contributed by atoms with Gasteiger partial charge in [-0.05, 0) is 62.6 Å². The minimum atomic E-state index is -0.446. The second kappa shape index (κ2) is 7.55. The maximum Gasteiger partial charge on any atom is 0.280 e. The first-order valence-electron chi connectivity index (χ1n) is 8.57. The van der Waals surface area contributed by atoms with Crippen molar-refractivity contribution >= 4 is 33.5 Å². The van der Waals surface area contributed by atoms with Crippen molar-refractivity contribution in [2.75, 3.05) is 0 Å². The highest BCUT2D eigenvalue weighted by Gasteiger charge is 2.14. The van der Waals surface area contributed by atoms with E-state index in [0.29, 0.717) is 22.5 Å². The van der Waals surface area contributed by atoms with E-state index in [1.165, 1.54) is 23.0 Å². The Morgan fingerprint density at radius 2 is 1.86 bits per heavy atom. The molecule has 0 amide bonds. The van der Waals surface area contributed by atoms with Crippen molar-refractivity contribution < 1.29 is 4.92 Å². The van der Waals surface area contributed by atoms with Gasteiger partial charge in [-0.3, -0.25) is 25.0 Å². The van der Waals surface area contributed by atoms with Crippen LogP contribution in [0.25, 0.3) is 5.69 Å². The van der Waals surface area contributed by atoms with Crippen LogP contribution in [0.1, 0.15) is 27.9 Å². The molecule has 0 saturated carbocycles. The predicted octanol–water partition coefficient (Wildman–Crippen LogP) is 4.82. The van der Waals surface area contributed by atoms with E-state index in [-0.39, 0.29) is 11.2 Å². The Kier molecular flexibility index (Phi) is 5.33. The van der Waals surface area contributed by atoms with Gasteiger partial charge in [-0.1, -0.05) is 15.9 Å². The molecule has 2 aromatic carbocycles. The van der Waals surface area contributed by atoms with Gasteiger partial charge < -0.3 is 0 Å². The smallest absolute Gasteiger partial charge is 0.280 e. The third kappa shape index (κ3) is 3.55. The minimum absolute atomic E-state index is 0.0118. The largest absolute Gasteiger partial charge is 0.295 e. The van der Waals surface area contributed by atoms with Crippen LogP contribution in [0.3, 0.4) is 0 Å². The summed E-state index contributed by atoms with van der Waals surface area (Å²) in [5.41, 5.74) is 5.02. The normalized spacial score (nSPS) is 11.3. The van der Waals surface area contributed by atoms with Gasteiger partial charge in [-0.2, -0.15) is 0 Å². The molecule has 0 saturated heterocycles. The number of nitrogens with one attached hydrogen (secondary N) is 1. The lowest BCUT2D eigenvalue weighted by molar-refractivity contribution is -0.384. The van der Waals surface area contributed by atoms with Gasteiger partial charge in [-0.25, -0.2) is 4.68 Å². The molecule has 28 heavy (non-hydrogen) atoms. The summed E-state index contributed by atoms with van der Waals surface area (Å²) in [6.45, 7) is 7.51. The van der Waals surface area contributed by atoms with Crippen LogP contribution < -0.4 is 5.56 Å². The Hall–Kier alpha value is -3.00. The average molecular weight is 443 g/mol. The molecule has 0 fully saturated rings. The number of aliphatic imine (C=N–C) groups is 1. The molecular formula is C20H19BrN4O3. The van der Waals surface area contributed by atoms with E-state index in [9.17, 15) is 14.9 Å². The Bertz CT molecular complexity index is 1170. The highest BCUT2D eigenvalue weighted by molar-refractivity contribution is 9.10. The van der Waals surface area contributed by atoms with Gasteiger partial charge in [0.25, 0.3) is 11.2 Å². The number of aryl methyl sites for hydroxylation is 2. The zero-order chi connectivity index (χ0) is 20.6. The number of non-ortho nitro benzene ring substituents is 1. The summed E-state index contributed by atoms with van der Waals surface area (Å²) in [6, 6.07) is 8.23. The van der Waals surface area contributed by atoms with Crippen LogP contribution >= 0.6 is 15.9 Å². The quantitative estimate of drug-likeness (QED) is 0.356. The second-order valence-electron chi connectivity index (χ2n) is 6.59. The first-order chi connectivity index (χ1) is 13.2. The number of H-pyrrole nitrogens is 1. The highest BCUT2D eigenvalue weighted by Crippen LogP contribution is 2.25. The third-order valence-electron chi connectivity index (χ3n) is 4.77. The highest BCUT2D eigenvalue weighted by atomic mass is 79.9. The number of hydrogen-bond donors (Lipinski definition) is 1. The molecule has 144 valence electrons. The number of nitrogens with zero attached hydrogens (tertiary/aromatic N) is 3. The molecule has 7 nitrogen and oxygen atoms in total. The van der Waals surface area contributed by atoms with E-state index >= 15 is 0 Å². The van der Waals surface area contributed by atoms with Gasteiger partial charge in [0, 0.05) is 28.5 Å². The summed E-state index contributed by atoms with van der Waals surface area (Å²) in [6.07, 6.45) is 1.50. The summed E-state index contributed by atoms with van der Waals surface area (Å²) in [7, 11) is 0.